The van der Waals surface area contributed by atoms with E-state index >= 15 is 0 Å². The summed E-state index contributed by atoms with van der Waals surface area (Å²) in [6.07, 6.45) is -0.312. The summed E-state index contributed by atoms with van der Waals surface area (Å²) in [5, 5.41) is 12.1. The van der Waals surface area contributed by atoms with E-state index in [1.54, 1.807) is 20.1 Å². The summed E-state index contributed by atoms with van der Waals surface area (Å²) in [7, 11) is 1.63. The molecule has 18 heavy (non-hydrogen) atoms. The first-order valence-electron chi connectivity index (χ1n) is 5.93. The molecule has 4 nitrogen and oxygen atoms in total. The second kappa shape index (κ2) is 8.02. The molecule has 0 radical (unpaired) electrons. The van der Waals surface area contributed by atoms with Crippen LogP contribution >= 0.6 is 0 Å². The fourth-order valence-electron chi connectivity index (χ4n) is 1.45. The molecule has 0 fully saturated rings. The number of benzene rings is 1. The largest absolute Gasteiger partial charge is 0.488 e. The van der Waals surface area contributed by atoms with Crippen LogP contribution < -0.4 is 10.1 Å². The Kier molecular flexibility index (Phi) is 6.64. The Morgan fingerprint density at radius 1 is 1.44 bits per heavy atom. The second-order valence-corrected chi connectivity index (χ2v) is 4.03. The maximum Gasteiger partial charge on any atom is 0.124 e. The van der Waals surface area contributed by atoms with Crippen molar-refractivity contribution in [3.8, 4) is 5.75 Å². The van der Waals surface area contributed by atoms with Crippen molar-refractivity contribution in [2.75, 3.05) is 26.9 Å². The third-order valence-corrected chi connectivity index (χ3v) is 2.41. The minimum Gasteiger partial charge on any atom is -0.488 e. The van der Waals surface area contributed by atoms with Gasteiger partial charge < -0.3 is 19.9 Å². The molecule has 102 valence electrons. The number of hydrogen-bond donors (Lipinski definition) is 2. The van der Waals surface area contributed by atoms with Crippen molar-refractivity contribution in [2.24, 2.45) is 0 Å². The van der Waals surface area contributed by atoms with Crippen LogP contribution in [0.25, 0.3) is 0 Å². The first-order chi connectivity index (χ1) is 8.67. The van der Waals surface area contributed by atoms with Crippen LogP contribution in [-0.2, 0) is 11.3 Å². The van der Waals surface area contributed by atoms with Gasteiger partial charge in [0.15, 0.2) is 0 Å². The monoisotopic (exact) mass is 257 g/mol. The van der Waals surface area contributed by atoms with Crippen LogP contribution in [0.1, 0.15) is 12.5 Å². The van der Waals surface area contributed by atoms with Crippen molar-refractivity contribution >= 4 is 0 Å². The van der Waals surface area contributed by atoms with E-state index in [1.165, 1.54) is 12.1 Å². The van der Waals surface area contributed by atoms with Gasteiger partial charge >= 0.3 is 0 Å². The van der Waals surface area contributed by atoms with Crippen molar-refractivity contribution < 1.29 is 19.0 Å². The van der Waals surface area contributed by atoms with Crippen LogP contribution in [-0.4, -0.2) is 38.1 Å². The first-order valence-corrected chi connectivity index (χ1v) is 5.93. The number of aliphatic hydroxyl groups is 1. The van der Waals surface area contributed by atoms with Gasteiger partial charge in [0.2, 0.25) is 0 Å². The van der Waals surface area contributed by atoms with Crippen LogP contribution in [0.3, 0.4) is 0 Å². The van der Waals surface area contributed by atoms with Crippen molar-refractivity contribution in [3.63, 3.8) is 0 Å². The van der Waals surface area contributed by atoms with Gasteiger partial charge in [0.05, 0.1) is 13.2 Å². The van der Waals surface area contributed by atoms with Gasteiger partial charge in [-0.2, -0.15) is 0 Å². The van der Waals surface area contributed by atoms with E-state index < -0.39 is 0 Å². The minimum absolute atomic E-state index is 0.0755. The maximum atomic E-state index is 13.2. The Balaban J connectivity index is 2.64. The van der Waals surface area contributed by atoms with E-state index in [4.69, 9.17) is 14.6 Å². The normalized spacial score (nSPS) is 12.4. The summed E-state index contributed by atoms with van der Waals surface area (Å²) in [5.41, 5.74) is 0.728. The highest BCUT2D eigenvalue weighted by Crippen LogP contribution is 2.20. The molecule has 1 rings (SSSR count). The maximum absolute atomic E-state index is 13.2. The molecular formula is C13H20FNO3. The average Bonchev–Trinajstić information content (AvgIpc) is 2.37. The van der Waals surface area contributed by atoms with Crippen molar-refractivity contribution in [1.82, 2.24) is 5.32 Å². The number of methoxy groups -OCH3 is 1. The number of halogens is 1. The highest BCUT2D eigenvalue weighted by atomic mass is 19.1. The molecule has 0 aliphatic carbocycles. The average molecular weight is 257 g/mol. The number of hydrogen-bond acceptors (Lipinski definition) is 4. The quantitative estimate of drug-likeness (QED) is 0.690. The first kappa shape index (κ1) is 14.9. The standard InChI is InChI=1S/C13H20FNO3/c1-10(9-16)18-13-4-3-12(14)7-11(13)8-15-5-6-17-2/h3-4,7,10,15-16H,5-6,8-9H2,1-2H3. The van der Waals surface area contributed by atoms with Crippen molar-refractivity contribution in [2.45, 2.75) is 19.6 Å². The highest BCUT2D eigenvalue weighted by Gasteiger charge is 2.08. The lowest BCUT2D eigenvalue weighted by molar-refractivity contribution is 0.128. The van der Waals surface area contributed by atoms with Gasteiger partial charge in [-0.05, 0) is 25.1 Å². The summed E-state index contributed by atoms with van der Waals surface area (Å²) in [4.78, 5) is 0. The molecule has 0 saturated carbocycles. The summed E-state index contributed by atoms with van der Waals surface area (Å²) < 4.78 is 23.6. The Hall–Kier alpha value is -1.17. The molecule has 0 amide bonds. The summed E-state index contributed by atoms with van der Waals surface area (Å²) >= 11 is 0. The number of ether oxygens (including phenoxy) is 2. The molecule has 0 saturated heterocycles. The molecule has 0 heterocycles. The van der Waals surface area contributed by atoms with E-state index in [-0.39, 0.29) is 18.5 Å². The highest BCUT2D eigenvalue weighted by molar-refractivity contribution is 5.34. The number of nitrogens with one attached hydrogen (secondary N) is 1. The zero-order chi connectivity index (χ0) is 13.4. The molecule has 0 aromatic heterocycles. The summed E-state index contributed by atoms with van der Waals surface area (Å²) in [5.74, 6) is 0.283. The zero-order valence-corrected chi connectivity index (χ0v) is 10.8. The molecule has 1 aromatic carbocycles. The smallest absolute Gasteiger partial charge is 0.124 e. The molecule has 0 bridgehead atoms. The Bertz CT molecular complexity index is 360. The van der Waals surface area contributed by atoms with Gasteiger partial charge in [-0.25, -0.2) is 4.39 Å². The van der Waals surface area contributed by atoms with E-state index in [9.17, 15) is 4.39 Å². The van der Waals surface area contributed by atoms with Gasteiger partial charge in [-0.3, -0.25) is 0 Å². The van der Waals surface area contributed by atoms with Crippen LogP contribution in [0.15, 0.2) is 18.2 Å². The molecule has 1 atom stereocenters. The SMILES string of the molecule is COCCNCc1cc(F)ccc1OC(C)CO. The molecule has 2 N–H and O–H groups in total. The molecule has 5 heteroatoms. The van der Waals surface area contributed by atoms with Gasteiger partial charge in [0.25, 0.3) is 0 Å². The lowest BCUT2D eigenvalue weighted by atomic mass is 10.2. The lowest BCUT2D eigenvalue weighted by Crippen LogP contribution is -2.21. The van der Waals surface area contributed by atoms with E-state index in [0.717, 1.165) is 5.56 Å². The topological polar surface area (TPSA) is 50.7 Å². The fraction of sp³-hybridized carbons (Fsp3) is 0.538. The van der Waals surface area contributed by atoms with Gasteiger partial charge in [0, 0.05) is 25.8 Å². The number of rotatable bonds is 8. The lowest BCUT2D eigenvalue weighted by Gasteiger charge is -2.16. The van der Waals surface area contributed by atoms with Crippen LogP contribution in [0.2, 0.25) is 0 Å². The summed E-state index contributed by atoms with van der Waals surface area (Å²) in [6, 6.07) is 4.35. The predicted octanol–water partition coefficient (Wildman–Crippen LogP) is 1.32. The fourth-order valence-corrected chi connectivity index (χ4v) is 1.45. The Morgan fingerprint density at radius 3 is 2.89 bits per heavy atom. The molecule has 0 spiro atoms. The van der Waals surface area contributed by atoms with Crippen LogP contribution in [0.5, 0.6) is 5.75 Å². The van der Waals surface area contributed by atoms with Crippen molar-refractivity contribution in [1.29, 1.82) is 0 Å². The van der Waals surface area contributed by atoms with Gasteiger partial charge in [-0.1, -0.05) is 0 Å². The molecule has 0 aliphatic heterocycles. The van der Waals surface area contributed by atoms with Crippen molar-refractivity contribution in [3.05, 3.63) is 29.6 Å². The summed E-state index contributed by atoms with van der Waals surface area (Å²) in [6.45, 7) is 3.45. The molecule has 0 aliphatic rings. The Morgan fingerprint density at radius 2 is 2.22 bits per heavy atom. The third kappa shape index (κ3) is 5.00. The molecule has 1 aromatic rings. The van der Waals surface area contributed by atoms with E-state index in [1.807, 2.05) is 0 Å². The third-order valence-electron chi connectivity index (χ3n) is 2.41. The number of aliphatic hydroxyl groups excluding tert-OH is 1. The molecular weight excluding hydrogens is 237 g/mol. The second-order valence-electron chi connectivity index (χ2n) is 4.03. The van der Waals surface area contributed by atoms with E-state index in [0.29, 0.717) is 25.4 Å². The zero-order valence-electron chi connectivity index (χ0n) is 10.8. The van der Waals surface area contributed by atoms with Crippen LogP contribution in [0, 0.1) is 5.82 Å². The molecule has 1 unspecified atom stereocenters. The van der Waals surface area contributed by atoms with Gasteiger partial charge in [0.1, 0.15) is 17.7 Å². The van der Waals surface area contributed by atoms with Gasteiger partial charge in [-0.15, -0.1) is 0 Å². The van der Waals surface area contributed by atoms with Crippen LogP contribution in [0.4, 0.5) is 4.39 Å². The predicted molar refractivity (Wildman–Crippen MR) is 67.2 cm³/mol. The van der Waals surface area contributed by atoms with E-state index in [2.05, 4.69) is 5.32 Å². The Labute approximate surface area is 107 Å². The minimum atomic E-state index is -0.312.